The Kier molecular flexibility index (Phi) is 4.04. The van der Waals surface area contributed by atoms with E-state index in [-0.39, 0.29) is 17.6 Å². The van der Waals surface area contributed by atoms with Crippen LogP contribution in [0.15, 0.2) is 18.2 Å². The Balaban J connectivity index is 2.28. The van der Waals surface area contributed by atoms with Crippen molar-refractivity contribution >= 4 is 11.6 Å². The number of non-ortho nitro benzene ring substituents is 1. The van der Waals surface area contributed by atoms with Crippen LogP contribution in [0.2, 0.25) is 0 Å². The number of piperidine rings is 1. The number of aryl methyl sites for hydroxylation is 1. The summed E-state index contributed by atoms with van der Waals surface area (Å²) in [5.74, 6) is 0.176. The van der Waals surface area contributed by atoms with E-state index in [1.165, 1.54) is 12.1 Å². The van der Waals surface area contributed by atoms with Crippen LogP contribution in [0, 0.1) is 23.0 Å². The summed E-state index contributed by atoms with van der Waals surface area (Å²) in [5.41, 5.74) is 7.02. The summed E-state index contributed by atoms with van der Waals surface area (Å²) in [5, 5.41) is 10.8. The molecule has 2 N–H and O–H groups in total. The molecular weight excluding hydrogens is 258 g/mol. The predicted molar refractivity (Wildman–Crippen MR) is 75.5 cm³/mol. The SMILES string of the molecule is Cc1ccc([N+](=O)[O-])cc1C(=O)N1CC(C)CC(N)C1. The average molecular weight is 277 g/mol. The number of benzene rings is 1. The topological polar surface area (TPSA) is 89.5 Å². The minimum Gasteiger partial charge on any atom is -0.337 e. The van der Waals surface area contributed by atoms with Gasteiger partial charge in [-0.1, -0.05) is 13.0 Å². The quantitative estimate of drug-likeness (QED) is 0.658. The lowest BCUT2D eigenvalue weighted by Gasteiger charge is -2.35. The minimum absolute atomic E-state index is 0.0262. The van der Waals surface area contributed by atoms with E-state index in [2.05, 4.69) is 6.92 Å². The number of rotatable bonds is 2. The van der Waals surface area contributed by atoms with Gasteiger partial charge in [-0.25, -0.2) is 0 Å². The van der Waals surface area contributed by atoms with E-state index in [4.69, 9.17) is 5.73 Å². The third-order valence-electron chi connectivity index (χ3n) is 3.64. The lowest BCUT2D eigenvalue weighted by Crippen LogP contribution is -2.48. The van der Waals surface area contributed by atoms with Crippen molar-refractivity contribution in [1.82, 2.24) is 4.90 Å². The van der Waals surface area contributed by atoms with Crippen LogP contribution in [-0.2, 0) is 0 Å². The molecule has 6 nitrogen and oxygen atoms in total. The standard InChI is InChI=1S/C14H19N3O3/c1-9-5-11(15)8-16(7-9)14(18)13-6-12(17(19)20)4-3-10(13)2/h3-4,6,9,11H,5,7-8,15H2,1-2H3. The van der Waals surface area contributed by atoms with Gasteiger partial charge in [-0.2, -0.15) is 0 Å². The number of carbonyl (C=O) groups is 1. The lowest BCUT2D eigenvalue weighted by atomic mass is 9.95. The van der Waals surface area contributed by atoms with Crippen molar-refractivity contribution in [2.75, 3.05) is 13.1 Å². The number of nitro benzene ring substituents is 1. The van der Waals surface area contributed by atoms with Gasteiger partial charge in [-0.15, -0.1) is 0 Å². The number of hydrogen-bond acceptors (Lipinski definition) is 4. The molecule has 2 atom stereocenters. The predicted octanol–water partition coefficient (Wildman–Crippen LogP) is 1.71. The zero-order valence-electron chi connectivity index (χ0n) is 11.7. The van der Waals surface area contributed by atoms with Crippen LogP contribution in [-0.4, -0.2) is 34.9 Å². The molecule has 1 fully saturated rings. The second-order valence-electron chi connectivity index (χ2n) is 5.57. The molecule has 1 saturated heterocycles. The van der Waals surface area contributed by atoms with Gasteiger partial charge in [0.15, 0.2) is 0 Å². The molecule has 0 aliphatic carbocycles. The highest BCUT2D eigenvalue weighted by atomic mass is 16.6. The van der Waals surface area contributed by atoms with Crippen LogP contribution in [0.5, 0.6) is 0 Å². The van der Waals surface area contributed by atoms with Crippen molar-refractivity contribution in [3.8, 4) is 0 Å². The molecule has 1 aliphatic heterocycles. The molecular formula is C14H19N3O3. The maximum Gasteiger partial charge on any atom is 0.270 e. The fraction of sp³-hybridized carbons (Fsp3) is 0.500. The van der Waals surface area contributed by atoms with Crippen molar-refractivity contribution in [2.24, 2.45) is 11.7 Å². The second kappa shape index (κ2) is 5.58. The Morgan fingerprint density at radius 2 is 2.15 bits per heavy atom. The first-order valence-corrected chi connectivity index (χ1v) is 6.68. The molecule has 2 unspecified atom stereocenters. The summed E-state index contributed by atoms with van der Waals surface area (Å²) in [7, 11) is 0. The van der Waals surface area contributed by atoms with E-state index >= 15 is 0 Å². The summed E-state index contributed by atoms with van der Waals surface area (Å²) >= 11 is 0. The highest BCUT2D eigenvalue weighted by Gasteiger charge is 2.27. The Hall–Kier alpha value is -1.95. The van der Waals surface area contributed by atoms with E-state index in [1.807, 2.05) is 0 Å². The van der Waals surface area contributed by atoms with E-state index in [9.17, 15) is 14.9 Å². The summed E-state index contributed by atoms with van der Waals surface area (Å²) in [6.45, 7) is 4.99. The normalized spacial score (nSPS) is 22.6. The number of nitro groups is 1. The van der Waals surface area contributed by atoms with E-state index in [0.717, 1.165) is 12.0 Å². The molecule has 6 heteroatoms. The van der Waals surface area contributed by atoms with Crippen molar-refractivity contribution in [2.45, 2.75) is 26.3 Å². The van der Waals surface area contributed by atoms with Crippen LogP contribution in [0.25, 0.3) is 0 Å². The van der Waals surface area contributed by atoms with Crippen LogP contribution in [0.4, 0.5) is 5.69 Å². The first kappa shape index (κ1) is 14.5. The first-order valence-electron chi connectivity index (χ1n) is 6.68. The van der Waals surface area contributed by atoms with E-state index in [1.54, 1.807) is 17.9 Å². The second-order valence-corrected chi connectivity index (χ2v) is 5.57. The lowest BCUT2D eigenvalue weighted by molar-refractivity contribution is -0.384. The van der Waals surface area contributed by atoms with Crippen molar-refractivity contribution < 1.29 is 9.72 Å². The van der Waals surface area contributed by atoms with Crippen molar-refractivity contribution in [1.29, 1.82) is 0 Å². The van der Waals surface area contributed by atoms with Gasteiger partial charge in [0.25, 0.3) is 11.6 Å². The van der Waals surface area contributed by atoms with Gasteiger partial charge in [-0.05, 0) is 24.8 Å². The first-order chi connectivity index (χ1) is 9.38. The fourth-order valence-corrected chi connectivity index (χ4v) is 2.69. The number of hydrogen-bond donors (Lipinski definition) is 1. The highest BCUT2D eigenvalue weighted by Crippen LogP contribution is 2.22. The molecule has 1 aromatic rings. The largest absolute Gasteiger partial charge is 0.337 e. The molecule has 20 heavy (non-hydrogen) atoms. The van der Waals surface area contributed by atoms with Gasteiger partial charge >= 0.3 is 0 Å². The zero-order chi connectivity index (χ0) is 14.9. The molecule has 1 heterocycles. The molecule has 1 aliphatic rings. The van der Waals surface area contributed by atoms with Crippen LogP contribution >= 0.6 is 0 Å². The number of nitrogens with zero attached hydrogens (tertiary/aromatic N) is 2. The van der Waals surface area contributed by atoms with Gasteiger partial charge < -0.3 is 10.6 Å². The number of amides is 1. The summed E-state index contributed by atoms with van der Waals surface area (Å²) < 4.78 is 0. The molecule has 0 radical (unpaired) electrons. The Labute approximate surface area is 117 Å². The maximum atomic E-state index is 12.5. The van der Waals surface area contributed by atoms with Gasteiger partial charge in [-0.3, -0.25) is 14.9 Å². The van der Waals surface area contributed by atoms with Crippen LogP contribution < -0.4 is 5.73 Å². The van der Waals surface area contributed by atoms with Crippen LogP contribution in [0.3, 0.4) is 0 Å². The molecule has 2 rings (SSSR count). The fourth-order valence-electron chi connectivity index (χ4n) is 2.69. The zero-order valence-corrected chi connectivity index (χ0v) is 11.7. The van der Waals surface area contributed by atoms with Gasteiger partial charge in [0.05, 0.1) is 4.92 Å². The van der Waals surface area contributed by atoms with Crippen molar-refractivity contribution in [3.63, 3.8) is 0 Å². The summed E-state index contributed by atoms with van der Waals surface area (Å²) in [4.78, 5) is 24.6. The molecule has 1 amide bonds. The number of carbonyl (C=O) groups excluding carboxylic acids is 1. The Morgan fingerprint density at radius 1 is 1.45 bits per heavy atom. The van der Waals surface area contributed by atoms with E-state index in [0.29, 0.717) is 24.6 Å². The molecule has 0 spiro atoms. The number of nitrogens with two attached hydrogens (primary N) is 1. The van der Waals surface area contributed by atoms with Crippen molar-refractivity contribution in [3.05, 3.63) is 39.4 Å². The summed E-state index contributed by atoms with van der Waals surface area (Å²) in [6, 6.07) is 4.35. The molecule has 0 saturated carbocycles. The van der Waals surface area contributed by atoms with Crippen LogP contribution in [0.1, 0.15) is 29.3 Å². The average Bonchev–Trinajstić information content (AvgIpc) is 2.37. The van der Waals surface area contributed by atoms with E-state index < -0.39 is 4.92 Å². The third kappa shape index (κ3) is 2.96. The Morgan fingerprint density at radius 3 is 2.75 bits per heavy atom. The summed E-state index contributed by atoms with van der Waals surface area (Å²) in [6.07, 6.45) is 0.900. The molecule has 108 valence electrons. The molecule has 0 aromatic heterocycles. The minimum atomic E-state index is -0.485. The smallest absolute Gasteiger partial charge is 0.270 e. The monoisotopic (exact) mass is 277 g/mol. The third-order valence-corrected chi connectivity index (χ3v) is 3.64. The number of likely N-dealkylation sites (tertiary alicyclic amines) is 1. The van der Waals surface area contributed by atoms with Gasteiger partial charge in [0.2, 0.25) is 0 Å². The Bertz CT molecular complexity index is 534. The highest BCUT2D eigenvalue weighted by molar-refractivity contribution is 5.96. The molecule has 1 aromatic carbocycles. The van der Waals surface area contributed by atoms with Gasteiger partial charge in [0, 0.05) is 36.8 Å². The molecule has 0 bridgehead atoms. The van der Waals surface area contributed by atoms with Gasteiger partial charge in [0.1, 0.15) is 0 Å². The maximum absolute atomic E-state index is 12.5.